The second kappa shape index (κ2) is 9.69. The van der Waals surface area contributed by atoms with Gasteiger partial charge < -0.3 is 4.90 Å². The molecule has 1 aromatic carbocycles. The Morgan fingerprint density at radius 3 is 2.28 bits per heavy atom. The maximum absolute atomic E-state index is 12.8. The second-order valence-corrected chi connectivity index (χ2v) is 8.33. The van der Waals surface area contributed by atoms with Crippen molar-refractivity contribution in [1.29, 1.82) is 0 Å². The Morgan fingerprint density at radius 1 is 1.00 bits per heavy atom. The molecular formula is C22H27N5OS. The highest BCUT2D eigenvalue weighted by molar-refractivity contribution is 7.99. The second-order valence-electron chi connectivity index (χ2n) is 7.39. The number of hydrogen-bond acceptors (Lipinski definition) is 5. The lowest BCUT2D eigenvalue weighted by molar-refractivity contribution is -0.131. The maximum atomic E-state index is 12.8. The maximum Gasteiger partial charge on any atom is 0.233 e. The number of amides is 1. The summed E-state index contributed by atoms with van der Waals surface area (Å²) in [5.41, 5.74) is 2.11. The molecule has 0 aliphatic heterocycles. The summed E-state index contributed by atoms with van der Waals surface area (Å²) in [6.45, 7) is 8.81. The van der Waals surface area contributed by atoms with E-state index in [0.29, 0.717) is 12.3 Å². The number of benzene rings is 1. The zero-order chi connectivity index (χ0) is 20.8. The lowest BCUT2D eigenvalue weighted by atomic mass is 10.2. The third kappa shape index (κ3) is 5.23. The molecule has 0 radical (unpaired) electrons. The van der Waals surface area contributed by atoms with Crippen molar-refractivity contribution in [2.24, 2.45) is 0 Å². The molecule has 6 nitrogen and oxygen atoms in total. The van der Waals surface area contributed by atoms with Crippen LogP contribution in [-0.2, 0) is 11.3 Å². The average molecular weight is 410 g/mol. The summed E-state index contributed by atoms with van der Waals surface area (Å²) < 4.78 is 2.07. The summed E-state index contributed by atoms with van der Waals surface area (Å²) in [4.78, 5) is 18.8. The number of nitrogens with zero attached hydrogens (tertiary/aromatic N) is 5. The fourth-order valence-corrected chi connectivity index (χ4v) is 4.20. The van der Waals surface area contributed by atoms with Crippen molar-refractivity contribution in [3.63, 3.8) is 0 Å². The van der Waals surface area contributed by atoms with Crippen molar-refractivity contribution >= 4 is 17.7 Å². The topological polar surface area (TPSA) is 63.9 Å². The molecule has 0 saturated carbocycles. The molecule has 29 heavy (non-hydrogen) atoms. The summed E-state index contributed by atoms with van der Waals surface area (Å²) >= 11 is 1.44. The van der Waals surface area contributed by atoms with Gasteiger partial charge in [0.05, 0.1) is 12.3 Å². The van der Waals surface area contributed by atoms with Gasteiger partial charge >= 0.3 is 0 Å². The quantitative estimate of drug-likeness (QED) is 0.524. The van der Waals surface area contributed by atoms with E-state index in [-0.39, 0.29) is 18.0 Å². The van der Waals surface area contributed by atoms with E-state index in [1.165, 1.54) is 11.8 Å². The lowest BCUT2D eigenvalue weighted by Crippen LogP contribution is -2.43. The Balaban J connectivity index is 1.86. The number of pyridine rings is 1. The number of carbonyl (C=O) groups is 1. The van der Waals surface area contributed by atoms with Gasteiger partial charge in [0.15, 0.2) is 11.0 Å². The van der Waals surface area contributed by atoms with Gasteiger partial charge in [0.25, 0.3) is 0 Å². The molecule has 2 heterocycles. The molecule has 0 aliphatic carbocycles. The van der Waals surface area contributed by atoms with Crippen molar-refractivity contribution < 1.29 is 4.79 Å². The molecule has 0 aliphatic rings. The van der Waals surface area contributed by atoms with E-state index in [1.807, 2.05) is 62.9 Å². The van der Waals surface area contributed by atoms with E-state index in [0.717, 1.165) is 22.1 Å². The highest BCUT2D eigenvalue weighted by atomic mass is 32.2. The Kier molecular flexibility index (Phi) is 7.04. The first-order valence-corrected chi connectivity index (χ1v) is 10.8. The molecule has 0 unspecified atom stereocenters. The van der Waals surface area contributed by atoms with Crippen molar-refractivity contribution in [1.82, 2.24) is 24.6 Å². The van der Waals surface area contributed by atoms with Crippen LogP contribution in [0.1, 0.15) is 33.3 Å². The van der Waals surface area contributed by atoms with Gasteiger partial charge in [-0.1, -0.05) is 42.1 Å². The normalized spacial score (nSPS) is 11.2. The molecule has 3 aromatic rings. The van der Waals surface area contributed by atoms with E-state index < -0.39 is 0 Å². The third-order valence-corrected chi connectivity index (χ3v) is 5.52. The van der Waals surface area contributed by atoms with Crippen LogP contribution in [-0.4, -0.2) is 48.4 Å². The first-order valence-electron chi connectivity index (χ1n) is 9.79. The minimum Gasteiger partial charge on any atom is -0.337 e. The van der Waals surface area contributed by atoms with Crippen LogP contribution in [0.25, 0.3) is 11.4 Å². The van der Waals surface area contributed by atoms with E-state index in [2.05, 4.69) is 31.9 Å². The fraction of sp³-hybridized carbons (Fsp3) is 0.364. The predicted molar refractivity (Wildman–Crippen MR) is 117 cm³/mol. The van der Waals surface area contributed by atoms with Gasteiger partial charge in [0.1, 0.15) is 0 Å². The van der Waals surface area contributed by atoms with Crippen molar-refractivity contribution in [2.75, 3.05) is 5.75 Å². The molecule has 0 atom stereocenters. The van der Waals surface area contributed by atoms with Crippen LogP contribution in [0.15, 0.2) is 60.0 Å². The highest BCUT2D eigenvalue weighted by Crippen LogP contribution is 2.25. The Bertz CT molecular complexity index is 917. The van der Waals surface area contributed by atoms with E-state index >= 15 is 0 Å². The molecule has 0 fully saturated rings. The van der Waals surface area contributed by atoms with Crippen molar-refractivity contribution in [3.8, 4) is 11.4 Å². The molecular weight excluding hydrogens is 382 g/mol. The summed E-state index contributed by atoms with van der Waals surface area (Å²) in [5.74, 6) is 1.22. The van der Waals surface area contributed by atoms with E-state index in [4.69, 9.17) is 0 Å². The molecule has 1 amide bonds. The third-order valence-electron chi connectivity index (χ3n) is 4.56. The van der Waals surface area contributed by atoms with Gasteiger partial charge in [-0.15, -0.1) is 10.2 Å². The SMILES string of the molecule is CC(C)N(C(=O)CSc1nnc(-c2ccncc2)n1Cc1ccccc1)C(C)C. The van der Waals surface area contributed by atoms with Gasteiger partial charge in [-0.2, -0.15) is 0 Å². The van der Waals surface area contributed by atoms with Crippen molar-refractivity contribution in [2.45, 2.75) is 51.5 Å². The van der Waals surface area contributed by atoms with Crippen molar-refractivity contribution in [3.05, 3.63) is 60.4 Å². The van der Waals surface area contributed by atoms with Crippen LogP contribution >= 0.6 is 11.8 Å². The molecule has 152 valence electrons. The molecule has 0 N–H and O–H groups in total. The first-order chi connectivity index (χ1) is 14.0. The van der Waals surface area contributed by atoms with Gasteiger partial charge in [-0.3, -0.25) is 14.3 Å². The largest absolute Gasteiger partial charge is 0.337 e. The number of aromatic nitrogens is 4. The predicted octanol–water partition coefficient (Wildman–Crippen LogP) is 4.13. The van der Waals surface area contributed by atoms with E-state index in [9.17, 15) is 4.79 Å². The summed E-state index contributed by atoms with van der Waals surface area (Å²) in [5, 5.41) is 9.55. The molecule has 7 heteroatoms. The van der Waals surface area contributed by atoms with Crippen LogP contribution in [0.4, 0.5) is 0 Å². The number of carbonyl (C=O) groups excluding carboxylic acids is 1. The summed E-state index contributed by atoms with van der Waals surface area (Å²) in [6.07, 6.45) is 3.49. The highest BCUT2D eigenvalue weighted by Gasteiger charge is 2.22. The minimum absolute atomic E-state index is 0.111. The lowest BCUT2D eigenvalue weighted by Gasteiger charge is -2.30. The van der Waals surface area contributed by atoms with Gasteiger partial charge in [-0.05, 0) is 45.4 Å². The Morgan fingerprint density at radius 2 is 1.66 bits per heavy atom. The number of hydrogen-bond donors (Lipinski definition) is 0. The van der Waals surface area contributed by atoms with Crippen LogP contribution in [0, 0.1) is 0 Å². The number of thioether (sulfide) groups is 1. The molecule has 2 aromatic heterocycles. The molecule has 0 spiro atoms. The smallest absolute Gasteiger partial charge is 0.233 e. The zero-order valence-corrected chi connectivity index (χ0v) is 18.1. The van der Waals surface area contributed by atoms with E-state index in [1.54, 1.807) is 12.4 Å². The summed E-state index contributed by atoms with van der Waals surface area (Å²) in [6, 6.07) is 14.4. The van der Waals surface area contributed by atoms with Gasteiger partial charge in [-0.25, -0.2) is 0 Å². The van der Waals surface area contributed by atoms with Crippen LogP contribution in [0.3, 0.4) is 0 Å². The molecule has 0 bridgehead atoms. The molecule has 0 saturated heterocycles. The standard InChI is InChI=1S/C22H27N5OS/c1-16(2)27(17(3)4)20(28)15-29-22-25-24-21(19-10-12-23-13-11-19)26(22)14-18-8-6-5-7-9-18/h5-13,16-17H,14-15H2,1-4H3. The van der Waals surface area contributed by atoms with Crippen LogP contribution < -0.4 is 0 Å². The minimum atomic E-state index is 0.111. The fourth-order valence-electron chi connectivity index (χ4n) is 3.39. The van der Waals surface area contributed by atoms with Gasteiger partial charge in [0, 0.05) is 30.0 Å². The zero-order valence-electron chi connectivity index (χ0n) is 17.3. The monoisotopic (exact) mass is 409 g/mol. The first kappa shape index (κ1) is 21.0. The number of rotatable bonds is 8. The van der Waals surface area contributed by atoms with Crippen LogP contribution in [0.5, 0.6) is 0 Å². The Labute approximate surface area is 176 Å². The Hall–Kier alpha value is -2.67. The average Bonchev–Trinajstić information content (AvgIpc) is 3.09. The summed E-state index contributed by atoms with van der Waals surface area (Å²) in [7, 11) is 0. The molecule has 3 rings (SSSR count). The van der Waals surface area contributed by atoms with Crippen LogP contribution in [0.2, 0.25) is 0 Å². The van der Waals surface area contributed by atoms with Gasteiger partial charge in [0.2, 0.25) is 5.91 Å².